The summed E-state index contributed by atoms with van der Waals surface area (Å²) >= 11 is 3.33. The molecule has 0 bridgehead atoms. The molecule has 0 aliphatic heterocycles. The van der Waals surface area contributed by atoms with Crippen LogP contribution in [0.3, 0.4) is 0 Å². The second kappa shape index (κ2) is 8.58. The molecular weight excluding hydrogens is 386 g/mol. The van der Waals surface area contributed by atoms with E-state index in [9.17, 15) is 14.4 Å². The average molecular weight is 404 g/mol. The maximum atomic E-state index is 12.7. The van der Waals surface area contributed by atoms with Crippen LogP contribution in [0.5, 0.6) is 0 Å². The second-order valence-electron chi connectivity index (χ2n) is 5.54. The Morgan fingerprint density at radius 2 is 1.64 bits per heavy atom. The van der Waals surface area contributed by atoms with Crippen molar-refractivity contribution in [2.75, 3.05) is 7.11 Å². The van der Waals surface area contributed by atoms with Gasteiger partial charge in [0, 0.05) is 21.6 Å². The summed E-state index contributed by atoms with van der Waals surface area (Å²) in [6.07, 6.45) is 0.0606. The van der Waals surface area contributed by atoms with Crippen molar-refractivity contribution >= 4 is 33.6 Å². The van der Waals surface area contributed by atoms with Crippen molar-refractivity contribution in [2.24, 2.45) is 0 Å². The van der Waals surface area contributed by atoms with Gasteiger partial charge in [-0.2, -0.15) is 0 Å². The summed E-state index contributed by atoms with van der Waals surface area (Å²) < 4.78 is 5.46. The second-order valence-corrected chi connectivity index (χ2v) is 6.45. The van der Waals surface area contributed by atoms with E-state index in [4.69, 9.17) is 0 Å². The standard InChI is InChI=1S/C19H18BrNO4/c1-12(11-17(22)25-2)21-19(24)16-6-4-3-5-15(16)18(23)13-7-9-14(20)10-8-13/h3-10,12H,11H2,1-2H3,(H,21,24). The number of methoxy groups -OCH3 is 1. The van der Waals surface area contributed by atoms with Crippen molar-refractivity contribution in [3.63, 3.8) is 0 Å². The minimum atomic E-state index is -0.410. The van der Waals surface area contributed by atoms with E-state index < -0.39 is 17.9 Å². The summed E-state index contributed by atoms with van der Waals surface area (Å²) in [4.78, 5) is 36.5. The minimum Gasteiger partial charge on any atom is -0.469 e. The number of halogens is 1. The third-order valence-electron chi connectivity index (χ3n) is 3.60. The normalized spacial score (nSPS) is 11.5. The van der Waals surface area contributed by atoms with Crippen LogP contribution in [-0.2, 0) is 9.53 Å². The molecule has 0 saturated heterocycles. The Bertz CT molecular complexity index is 786. The molecule has 0 aromatic heterocycles. The lowest BCUT2D eigenvalue weighted by atomic mass is 9.97. The highest BCUT2D eigenvalue weighted by molar-refractivity contribution is 9.10. The van der Waals surface area contributed by atoms with E-state index in [0.29, 0.717) is 11.1 Å². The van der Waals surface area contributed by atoms with E-state index in [1.54, 1.807) is 55.5 Å². The van der Waals surface area contributed by atoms with Gasteiger partial charge in [0.1, 0.15) is 0 Å². The Morgan fingerprint density at radius 1 is 1.04 bits per heavy atom. The monoisotopic (exact) mass is 403 g/mol. The topological polar surface area (TPSA) is 72.5 Å². The first-order valence-corrected chi connectivity index (χ1v) is 8.48. The van der Waals surface area contributed by atoms with E-state index in [2.05, 4.69) is 26.0 Å². The molecule has 0 fully saturated rings. The number of hydrogen-bond acceptors (Lipinski definition) is 4. The number of ketones is 1. The lowest BCUT2D eigenvalue weighted by Crippen LogP contribution is -2.35. The van der Waals surface area contributed by atoms with Crippen LogP contribution in [0, 0.1) is 0 Å². The van der Waals surface area contributed by atoms with Crippen molar-refractivity contribution < 1.29 is 19.1 Å². The fourth-order valence-electron chi connectivity index (χ4n) is 2.32. The largest absolute Gasteiger partial charge is 0.469 e. The summed E-state index contributed by atoms with van der Waals surface area (Å²) in [5, 5.41) is 2.72. The summed E-state index contributed by atoms with van der Waals surface area (Å²) in [6.45, 7) is 1.70. The molecule has 0 aliphatic carbocycles. The van der Waals surface area contributed by atoms with Gasteiger partial charge in [0.05, 0.1) is 19.1 Å². The van der Waals surface area contributed by atoms with E-state index >= 15 is 0 Å². The molecule has 1 atom stereocenters. The van der Waals surface area contributed by atoms with Crippen LogP contribution in [-0.4, -0.2) is 30.8 Å². The van der Waals surface area contributed by atoms with Crippen LogP contribution < -0.4 is 5.32 Å². The molecule has 2 rings (SSSR count). The molecule has 6 heteroatoms. The van der Waals surface area contributed by atoms with Crippen LogP contribution in [0.2, 0.25) is 0 Å². The van der Waals surface area contributed by atoms with Crippen LogP contribution in [0.15, 0.2) is 53.0 Å². The summed E-state index contributed by atoms with van der Waals surface area (Å²) in [6, 6.07) is 13.1. The molecule has 0 radical (unpaired) electrons. The van der Waals surface area contributed by atoms with Crippen LogP contribution in [0.4, 0.5) is 0 Å². The highest BCUT2D eigenvalue weighted by Crippen LogP contribution is 2.17. The van der Waals surface area contributed by atoms with Crippen molar-refractivity contribution in [1.82, 2.24) is 5.32 Å². The molecular formula is C19H18BrNO4. The van der Waals surface area contributed by atoms with Crippen LogP contribution >= 0.6 is 15.9 Å². The van der Waals surface area contributed by atoms with Gasteiger partial charge < -0.3 is 10.1 Å². The number of carbonyl (C=O) groups is 3. The molecule has 2 aromatic carbocycles. The Hall–Kier alpha value is -2.47. The molecule has 25 heavy (non-hydrogen) atoms. The van der Waals surface area contributed by atoms with Crippen LogP contribution in [0.25, 0.3) is 0 Å². The van der Waals surface area contributed by atoms with Crippen molar-refractivity contribution in [2.45, 2.75) is 19.4 Å². The van der Waals surface area contributed by atoms with Gasteiger partial charge in [-0.25, -0.2) is 0 Å². The first-order valence-electron chi connectivity index (χ1n) is 7.69. The third kappa shape index (κ3) is 5.00. The van der Waals surface area contributed by atoms with Crippen molar-refractivity contribution in [1.29, 1.82) is 0 Å². The van der Waals surface area contributed by atoms with Crippen molar-refractivity contribution in [3.05, 3.63) is 69.7 Å². The molecule has 1 amide bonds. The summed E-state index contributed by atoms with van der Waals surface area (Å²) in [5.41, 5.74) is 1.07. The predicted octanol–water partition coefficient (Wildman–Crippen LogP) is 3.36. The Balaban J connectivity index is 2.22. The summed E-state index contributed by atoms with van der Waals surface area (Å²) in [7, 11) is 1.29. The molecule has 5 nitrogen and oxygen atoms in total. The smallest absolute Gasteiger partial charge is 0.307 e. The van der Waals surface area contributed by atoms with Gasteiger partial charge in [0.25, 0.3) is 5.91 Å². The number of amides is 1. The van der Waals surface area contributed by atoms with Gasteiger partial charge >= 0.3 is 5.97 Å². The maximum absolute atomic E-state index is 12.7. The number of esters is 1. The zero-order valence-corrected chi connectivity index (χ0v) is 15.5. The highest BCUT2D eigenvalue weighted by Gasteiger charge is 2.20. The molecule has 0 spiro atoms. The molecule has 1 unspecified atom stereocenters. The molecule has 2 aromatic rings. The average Bonchev–Trinajstić information content (AvgIpc) is 2.61. The molecule has 0 saturated carbocycles. The first kappa shape index (κ1) is 18.9. The van der Waals surface area contributed by atoms with Gasteiger partial charge in [-0.1, -0.05) is 34.1 Å². The Kier molecular flexibility index (Phi) is 6.47. The number of ether oxygens (including phenoxy) is 1. The van der Waals surface area contributed by atoms with E-state index in [0.717, 1.165) is 4.47 Å². The Labute approximate surface area is 154 Å². The van der Waals surface area contributed by atoms with Gasteiger partial charge in [-0.05, 0) is 37.3 Å². The quantitative estimate of drug-likeness (QED) is 0.592. The third-order valence-corrected chi connectivity index (χ3v) is 4.13. The number of hydrogen-bond donors (Lipinski definition) is 1. The molecule has 1 N–H and O–H groups in total. The first-order chi connectivity index (χ1) is 11.9. The number of rotatable bonds is 6. The number of benzene rings is 2. The number of carbonyl (C=O) groups excluding carboxylic acids is 3. The lowest BCUT2D eigenvalue weighted by Gasteiger charge is -2.14. The molecule has 0 heterocycles. The fraction of sp³-hybridized carbons (Fsp3) is 0.211. The van der Waals surface area contributed by atoms with Gasteiger partial charge in [0.15, 0.2) is 5.78 Å². The van der Waals surface area contributed by atoms with Crippen LogP contribution in [0.1, 0.15) is 39.6 Å². The fourth-order valence-corrected chi connectivity index (χ4v) is 2.59. The van der Waals surface area contributed by atoms with E-state index in [-0.39, 0.29) is 17.8 Å². The zero-order chi connectivity index (χ0) is 18.4. The zero-order valence-electron chi connectivity index (χ0n) is 13.9. The van der Waals surface area contributed by atoms with E-state index in [1.807, 2.05) is 0 Å². The van der Waals surface area contributed by atoms with Gasteiger partial charge in [-0.15, -0.1) is 0 Å². The molecule has 130 valence electrons. The minimum absolute atomic E-state index is 0.0606. The Morgan fingerprint density at radius 3 is 2.24 bits per heavy atom. The van der Waals surface area contributed by atoms with E-state index in [1.165, 1.54) is 7.11 Å². The maximum Gasteiger partial charge on any atom is 0.307 e. The molecule has 0 aliphatic rings. The highest BCUT2D eigenvalue weighted by atomic mass is 79.9. The summed E-state index contributed by atoms with van der Waals surface area (Å²) in [5.74, 6) is -1.05. The van der Waals surface area contributed by atoms with Gasteiger partial charge in [-0.3, -0.25) is 14.4 Å². The SMILES string of the molecule is COC(=O)CC(C)NC(=O)c1ccccc1C(=O)c1ccc(Br)cc1. The number of nitrogens with one attached hydrogen (secondary N) is 1. The predicted molar refractivity (Wildman–Crippen MR) is 97.6 cm³/mol. The van der Waals surface area contributed by atoms with Crippen molar-refractivity contribution in [3.8, 4) is 0 Å². The lowest BCUT2D eigenvalue weighted by molar-refractivity contribution is -0.141. The van der Waals surface area contributed by atoms with Gasteiger partial charge in [0.2, 0.25) is 0 Å².